The minimum Gasteiger partial charge on any atom is -0.322 e. The molecule has 2 rings (SSSR count). The third kappa shape index (κ3) is 2.51. The van der Waals surface area contributed by atoms with Gasteiger partial charge in [-0.15, -0.1) is 0 Å². The second-order valence-electron chi connectivity index (χ2n) is 3.65. The fourth-order valence-corrected chi connectivity index (χ4v) is 1.57. The molecule has 7 heteroatoms. The first-order valence-electron chi connectivity index (χ1n) is 5.16. The fraction of sp³-hybridized carbons (Fsp3) is 0.300. The molecule has 7 nitrogen and oxygen atoms in total. The van der Waals surface area contributed by atoms with E-state index in [1.54, 1.807) is 36.5 Å². The van der Waals surface area contributed by atoms with Crippen LogP contribution in [-0.2, 0) is 11.8 Å². The maximum Gasteiger partial charge on any atom is 0.246 e. The van der Waals surface area contributed by atoms with Gasteiger partial charge in [0.05, 0.1) is 18.1 Å². The van der Waals surface area contributed by atoms with Crippen LogP contribution in [0.15, 0.2) is 24.8 Å². The molecule has 0 aliphatic heterocycles. The predicted molar refractivity (Wildman–Crippen MR) is 62.2 cm³/mol. The number of hydrogen-bond donors (Lipinski definition) is 3. The molecule has 0 aromatic carbocycles. The van der Waals surface area contributed by atoms with Gasteiger partial charge in [-0.25, -0.2) is 0 Å². The van der Waals surface area contributed by atoms with E-state index in [0.29, 0.717) is 5.69 Å². The fourth-order valence-electron chi connectivity index (χ4n) is 1.57. The lowest BCUT2D eigenvalue weighted by molar-refractivity contribution is -0.118. The number of nitrogens with zero attached hydrogens (tertiary/aromatic N) is 3. The molecule has 1 atom stereocenters. The number of hydrogen-bond acceptors (Lipinski definition) is 4. The summed E-state index contributed by atoms with van der Waals surface area (Å²) in [5.74, 6) is -0.151. The number of carbonyl (C=O) groups is 1. The van der Waals surface area contributed by atoms with Crippen molar-refractivity contribution in [3.63, 3.8) is 0 Å². The molecule has 0 spiro atoms. The van der Waals surface area contributed by atoms with Gasteiger partial charge in [-0.1, -0.05) is 0 Å². The van der Waals surface area contributed by atoms with Crippen molar-refractivity contribution >= 4 is 11.6 Å². The van der Waals surface area contributed by atoms with Crippen molar-refractivity contribution in [2.45, 2.75) is 6.04 Å². The number of aromatic nitrogens is 4. The number of amides is 1. The number of rotatable bonds is 4. The van der Waals surface area contributed by atoms with Crippen molar-refractivity contribution in [1.82, 2.24) is 25.3 Å². The van der Waals surface area contributed by atoms with Crippen molar-refractivity contribution in [2.75, 3.05) is 12.4 Å². The molecule has 1 unspecified atom stereocenters. The molecule has 0 saturated heterocycles. The van der Waals surface area contributed by atoms with Crippen LogP contribution in [0, 0.1) is 0 Å². The average Bonchev–Trinajstić information content (AvgIpc) is 2.91. The van der Waals surface area contributed by atoms with E-state index in [9.17, 15) is 4.79 Å². The van der Waals surface area contributed by atoms with E-state index in [1.165, 1.54) is 0 Å². The molecule has 17 heavy (non-hydrogen) atoms. The summed E-state index contributed by atoms with van der Waals surface area (Å²) in [5, 5.41) is 16.1. The van der Waals surface area contributed by atoms with Crippen LogP contribution < -0.4 is 10.6 Å². The SMILES string of the molecule is CNC(C(=O)Nc1cn[nH]c1)c1cnn(C)c1. The van der Waals surface area contributed by atoms with E-state index in [-0.39, 0.29) is 5.91 Å². The molecule has 90 valence electrons. The molecule has 2 heterocycles. The zero-order chi connectivity index (χ0) is 12.3. The van der Waals surface area contributed by atoms with Crippen LogP contribution in [-0.4, -0.2) is 32.9 Å². The lowest BCUT2D eigenvalue weighted by Crippen LogP contribution is -2.30. The Bertz CT molecular complexity index is 489. The van der Waals surface area contributed by atoms with Gasteiger partial charge in [0, 0.05) is 25.0 Å². The number of aryl methyl sites for hydroxylation is 1. The monoisotopic (exact) mass is 234 g/mol. The highest BCUT2D eigenvalue weighted by Crippen LogP contribution is 2.14. The minimum atomic E-state index is -0.432. The van der Waals surface area contributed by atoms with Gasteiger partial charge in [0.2, 0.25) is 5.91 Å². The minimum absolute atomic E-state index is 0.151. The summed E-state index contributed by atoms with van der Waals surface area (Å²) in [6.07, 6.45) is 6.63. The summed E-state index contributed by atoms with van der Waals surface area (Å²) >= 11 is 0. The molecule has 2 aromatic heterocycles. The van der Waals surface area contributed by atoms with E-state index in [4.69, 9.17) is 0 Å². The second-order valence-corrected chi connectivity index (χ2v) is 3.65. The van der Waals surface area contributed by atoms with E-state index in [1.807, 2.05) is 7.05 Å². The first-order valence-corrected chi connectivity index (χ1v) is 5.16. The van der Waals surface area contributed by atoms with Gasteiger partial charge in [0.25, 0.3) is 0 Å². The van der Waals surface area contributed by atoms with Crippen LogP contribution in [0.5, 0.6) is 0 Å². The molecule has 0 radical (unpaired) electrons. The van der Waals surface area contributed by atoms with E-state index >= 15 is 0 Å². The lowest BCUT2D eigenvalue weighted by Gasteiger charge is -2.13. The van der Waals surface area contributed by atoms with Crippen LogP contribution in [0.1, 0.15) is 11.6 Å². The summed E-state index contributed by atoms with van der Waals surface area (Å²) in [7, 11) is 3.54. The van der Waals surface area contributed by atoms with Crippen molar-refractivity contribution < 1.29 is 4.79 Å². The first-order chi connectivity index (χ1) is 8.20. The van der Waals surface area contributed by atoms with Gasteiger partial charge in [-0.3, -0.25) is 14.6 Å². The Labute approximate surface area is 98.2 Å². The molecule has 0 saturated carbocycles. The van der Waals surface area contributed by atoms with Gasteiger partial charge in [0.15, 0.2) is 0 Å². The quantitative estimate of drug-likeness (QED) is 0.697. The lowest BCUT2D eigenvalue weighted by atomic mass is 10.1. The smallest absolute Gasteiger partial charge is 0.246 e. The molecular weight excluding hydrogens is 220 g/mol. The highest BCUT2D eigenvalue weighted by atomic mass is 16.2. The summed E-state index contributed by atoms with van der Waals surface area (Å²) < 4.78 is 1.66. The van der Waals surface area contributed by atoms with Crippen LogP contribution >= 0.6 is 0 Å². The zero-order valence-electron chi connectivity index (χ0n) is 9.64. The molecule has 0 aliphatic carbocycles. The summed E-state index contributed by atoms with van der Waals surface area (Å²) in [4.78, 5) is 12.0. The normalized spacial score (nSPS) is 12.4. The van der Waals surface area contributed by atoms with Gasteiger partial charge in [0.1, 0.15) is 6.04 Å². The van der Waals surface area contributed by atoms with Crippen LogP contribution in [0.25, 0.3) is 0 Å². The third-order valence-corrected chi connectivity index (χ3v) is 2.37. The van der Waals surface area contributed by atoms with Crippen molar-refractivity contribution in [2.24, 2.45) is 7.05 Å². The molecule has 0 bridgehead atoms. The topological polar surface area (TPSA) is 87.6 Å². The number of aromatic amines is 1. The number of nitrogens with one attached hydrogen (secondary N) is 3. The predicted octanol–water partition coefficient (Wildman–Crippen LogP) is 0.0424. The molecule has 1 amide bonds. The molecule has 0 fully saturated rings. The number of anilines is 1. The molecule has 2 aromatic rings. The van der Waals surface area contributed by atoms with Crippen LogP contribution in [0.4, 0.5) is 5.69 Å². The highest BCUT2D eigenvalue weighted by Gasteiger charge is 2.20. The molecule has 0 aliphatic rings. The Kier molecular flexibility index (Phi) is 3.20. The van der Waals surface area contributed by atoms with Gasteiger partial charge >= 0.3 is 0 Å². The average molecular weight is 234 g/mol. The first kappa shape index (κ1) is 11.3. The standard InChI is InChI=1S/C10H14N6O/c1-11-9(7-3-14-16(2)6-7)10(17)15-8-4-12-13-5-8/h3-6,9,11H,1-2H3,(H,12,13)(H,15,17). The highest BCUT2D eigenvalue weighted by molar-refractivity contribution is 5.95. The maximum absolute atomic E-state index is 12.0. The van der Waals surface area contributed by atoms with Crippen LogP contribution in [0.3, 0.4) is 0 Å². The summed E-state index contributed by atoms with van der Waals surface area (Å²) in [6.45, 7) is 0. The Morgan fingerprint density at radius 1 is 1.53 bits per heavy atom. The van der Waals surface area contributed by atoms with Gasteiger partial charge < -0.3 is 10.6 Å². The molecule has 3 N–H and O–H groups in total. The maximum atomic E-state index is 12.0. The van der Waals surface area contributed by atoms with E-state index in [0.717, 1.165) is 5.56 Å². The van der Waals surface area contributed by atoms with E-state index in [2.05, 4.69) is 25.9 Å². The Morgan fingerprint density at radius 2 is 2.35 bits per heavy atom. The van der Waals surface area contributed by atoms with Gasteiger partial charge in [-0.2, -0.15) is 10.2 Å². The second kappa shape index (κ2) is 4.79. The molecular formula is C10H14N6O. The third-order valence-electron chi connectivity index (χ3n) is 2.37. The largest absolute Gasteiger partial charge is 0.322 e. The number of H-pyrrole nitrogens is 1. The number of likely N-dealkylation sites (N-methyl/N-ethyl adjacent to an activating group) is 1. The van der Waals surface area contributed by atoms with Gasteiger partial charge in [-0.05, 0) is 7.05 Å². The Hall–Kier alpha value is -2.15. The summed E-state index contributed by atoms with van der Waals surface area (Å²) in [6, 6.07) is -0.432. The zero-order valence-corrected chi connectivity index (χ0v) is 9.64. The Balaban J connectivity index is 2.10. The number of carbonyl (C=O) groups excluding carboxylic acids is 1. The Morgan fingerprint density at radius 3 is 2.88 bits per heavy atom. The van der Waals surface area contributed by atoms with Crippen LogP contribution in [0.2, 0.25) is 0 Å². The van der Waals surface area contributed by atoms with Crippen molar-refractivity contribution in [1.29, 1.82) is 0 Å². The summed E-state index contributed by atoms with van der Waals surface area (Å²) in [5.41, 5.74) is 1.45. The van der Waals surface area contributed by atoms with Crippen molar-refractivity contribution in [3.05, 3.63) is 30.4 Å². The van der Waals surface area contributed by atoms with E-state index < -0.39 is 6.04 Å². The van der Waals surface area contributed by atoms with Crippen molar-refractivity contribution in [3.8, 4) is 0 Å².